The number of aryl methyl sites for hydroxylation is 1. The number of rotatable bonds is 5. The molecule has 0 spiro atoms. The van der Waals surface area contributed by atoms with E-state index in [1.54, 1.807) is 0 Å². The molecular weight excluding hydrogens is 204 g/mol. The summed E-state index contributed by atoms with van der Waals surface area (Å²) in [5.74, 6) is 2.77. The molecule has 0 bridgehead atoms. The van der Waals surface area contributed by atoms with Crippen molar-refractivity contribution in [2.24, 2.45) is 0 Å². The summed E-state index contributed by atoms with van der Waals surface area (Å²) in [7, 11) is 0. The van der Waals surface area contributed by atoms with Gasteiger partial charge in [0.15, 0.2) is 0 Å². The molecule has 1 aromatic rings. The summed E-state index contributed by atoms with van der Waals surface area (Å²) in [4.78, 5) is 0. The van der Waals surface area contributed by atoms with Crippen molar-refractivity contribution >= 4 is 5.57 Å². The summed E-state index contributed by atoms with van der Waals surface area (Å²) >= 11 is 0. The van der Waals surface area contributed by atoms with Crippen LogP contribution in [0.1, 0.15) is 24.0 Å². The highest BCUT2D eigenvalue weighted by molar-refractivity contribution is 5.73. The van der Waals surface area contributed by atoms with Crippen LogP contribution in [-0.2, 0) is 0 Å². The highest BCUT2D eigenvalue weighted by Gasteiger charge is 2.05. The highest BCUT2D eigenvalue weighted by Crippen LogP contribution is 2.25. The van der Waals surface area contributed by atoms with E-state index in [-0.39, 0.29) is 0 Å². The zero-order chi connectivity index (χ0) is 12.7. The molecular formula is C17H18. The third-order valence-electron chi connectivity index (χ3n) is 2.60. The molecule has 0 nitrogen and oxygen atoms in total. The van der Waals surface area contributed by atoms with E-state index in [2.05, 4.69) is 50.3 Å². The fraction of sp³-hybridized carbons (Fsp3) is 0.176. The van der Waals surface area contributed by atoms with Crippen LogP contribution in [-0.4, -0.2) is 0 Å². The van der Waals surface area contributed by atoms with Crippen molar-refractivity contribution in [2.75, 3.05) is 0 Å². The lowest BCUT2D eigenvalue weighted by molar-refractivity contribution is 1.26. The quantitative estimate of drug-likeness (QED) is 0.507. The number of hydrogen-bond donors (Lipinski definition) is 0. The van der Waals surface area contributed by atoms with E-state index in [1.165, 1.54) is 16.7 Å². The molecule has 0 aliphatic rings. The van der Waals surface area contributed by atoms with Crippen molar-refractivity contribution in [1.29, 1.82) is 0 Å². The molecule has 0 saturated heterocycles. The number of terminal acetylenes is 1. The Hall–Kier alpha value is -2.00. The van der Waals surface area contributed by atoms with Gasteiger partial charge in [0.2, 0.25) is 0 Å². The maximum absolute atomic E-state index is 5.58. The Morgan fingerprint density at radius 1 is 1.29 bits per heavy atom. The third-order valence-corrected chi connectivity index (χ3v) is 2.60. The molecule has 17 heavy (non-hydrogen) atoms. The van der Waals surface area contributed by atoms with E-state index in [4.69, 9.17) is 6.42 Å². The summed E-state index contributed by atoms with van der Waals surface area (Å²) < 4.78 is 0. The monoisotopic (exact) mass is 222 g/mol. The van der Waals surface area contributed by atoms with Crippen molar-refractivity contribution in [3.8, 4) is 12.3 Å². The van der Waals surface area contributed by atoms with Crippen molar-refractivity contribution in [3.05, 3.63) is 66.3 Å². The SMILES string of the molecule is C#CC(CC=C)=C(CC=C)c1cccc(C)c1. The summed E-state index contributed by atoms with van der Waals surface area (Å²) in [6, 6.07) is 8.37. The Morgan fingerprint density at radius 3 is 2.53 bits per heavy atom. The lowest BCUT2D eigenvalue weighted by Gasteiger charge is -2.10. The fourth-order valence-electron chi connectivity index (χ4n) is 1.81. The molecule has 0 aromatic heterocycles. The average Bonchev–Trinajstić information content (AvgIpc) is 2.33. The first-order chi connectivity index (χ1) is 8.22. The van der Waals surface area contributed by atoms with Crippen molar-refractivity contribution in [2.45, 2.75) is 19.8 Å². The topological polar surface area (TPSA) is 0 Å². The van der Waals surface area contributed by atoms with Gasteiger partial charge in [-0.05, 0) is 30.9 Å². The molecule has 86 valence electrons. The molecule has 0 fully saturated rings. The second-order valence-corrected chi connectivity index (χ2v) is 3.96. The molecule has 0 unspecified atom stereocenters. The smallest absolute Gasteiger partial charge is 0.00962 e. The number of hydrogen-bond acceptors (Lipinski definition) is 0. The molecule has 0 saturated carbocycles. The normalized spacial score (nSPS) is 11.3. The van der Waals surface area contributed by atoms with E-state index >= 15 is 0 Å². The first-order valence-corrected chi connectivity index (χ1v) is 5.70. The van der Waals surface area contributed by atoms with Gasteiger partial charge in [0.1, 0.15) is 0 Å². The maximum atomic E-state index is 5.58. The minimum absolute atomic E-state index is 0.730. The summed E-state index contributed by atoms with van der Waals surface area (Å²) in [5, 5.41) is 0. The Balaban J connectivity index is 3.30. The van der Waals surface area contributed by atoms with Crippen LogP contribution in [0.15, 0.2) is 55.1 Å². The van der Waals surface area contributed by atoms with Gasteiger partial charge in [-0.15, -0.1) is 19.6 Å². The zero-order valence-electron chi connectivity index (χ0n) is 10.4. The van der Waals surface area contributed by atoms with Crippen LogP contribution < -0.4 is 0 Å². The first kappa shape index (κ1) is 13.1. The van der Waals surface area contributed by atoms with E-state index in [0.29, 0.717) is 0 Å². The zero-order valence-corrected chi connectivity index (χ0v) is 10.4. The van der Waals surface area contributed by atoms with Gasteiger partial charge in [0.05, 0.1) is 0 Å². The molecule has 0 radical (unpaired) electrons. The maximum Gasteiger partial charge on any atom is 0.00962 e. The Morgan fingerprint density at radius 2 is 2.00 bits per heavy atom. The van der Waals surface area contributed by atoms with Crippen LogP contribution in [0.5, 0.6) is 0 Å². The van der Waals surface area contributed by atoms with Crippen LogP contribution in [0.25, 0.3) is 5.57 Å². The van der Waals surface area contributed by atoms with Crippen molar-refractivity contribution in [1.82, 2.24) is 0 Å². The minimum Gasteiger partial charge on any atom is -0.115 e. The lowest BCUT2D eigenvalue weighted by atomic mass is 9.94. The fourth-order valence-corrected chi connectivity index (χ4v) is 1.81. The van der Waals surface area contributed by atoms with Crippen LogP contribution >= 0.6 is 0 Å². The van der Waals surface area contributed by atoms with E-state index in [9.17, 15) is 0 Å². The molecule has 1 aromatic carbocycles. The van der Waals surface area contributed by atoms with Gasteiger partial charge in [-0.1, -0.05) is 47.9 Å². The Kier molecular flexibility index (Phi) is 5.04. The van der Waals surface area contributed by atoms with Gasteiger partial charge in [-0.25, -0.2) is 0 Å². The predicted molar refractivity (Wildman–Crippen MR) is 76.6 cm³/mol. The largest absolute Gasteiger partial charge is 0.115 e. The second-order valence-electron chi connectivity index (χ2n) is 3.96. The number of benzene rings is 1. The second kappa shape index (κ2) is 6.55. The van der Waals surface area contributed by atoms with Gasteiger partial charge in [-0.3, -0.25) is 0 Å². The van der Waals surface area contributed by atoms with Crippen LogP contribution in [0, 0.1) is 19.3 Å². The van der Waals surface area contributed by atoms with Gasteiger partial charge < -0.3 is 0 Å². The molecule has 0 aliphatic carbocycles. The summed E-state index contributed by atoms with van der Waals surface area (Å²) in [5.41, 5.74) is 4.58. The molecule has 0 heteroatoms. The standard InChI is InChI=1S/C17H18/c1-5-9-15(7-3)17(10-6-2)16-12-8-11-14(4)13-16/h3,5-6,8,11-13H,1-2,9-10H2,4H3. The first-order valence-electron chi connectivity index (χ1n) is 5.70. The van der Waals surface area contributed by atoms with Gasteiger partial charge in [-0.2, -0.15) is 0 Å². The Bertz CT molecular complexity index is 481. The molecule has 1 rings (SSSR count). The van der Waals surface area contributed by atoms with E-state index < -0.39 is 0 Å². The van der Waals surface area contributed by atoms with Gasteiger partial charge in [0.25, 0.3) is 0 Å². The molecule has 0 atom stereocenters. The molecule has 0 N–H and O–H groups in total. The average molecular weight is 222 g/mol. The third kappa shape index (κ3) is 3.50. The Labute approximate surface area is 104 Å². The summed E-state index contributed by atoms with van der Waals surface area (Å²) in [6.07, 6.45) is 10.8. The van der Waals surface area contributed by atoms with E-state index in [1.807, 2.05) is 12.2 Å². The highest BCUT2D eigenvalue weighted by atomic mass is 14.1. The van der Waals surface area contributed by atoms with Crippen LogP contribution in [0.2, 0.25) is 0 Å². The van der Waals surface area contributed by atoms with E-state index in [0.717, 1.165) is 18.4 Å². The molecule has 0 heterocycles. The van der Waals surface area contributed by atoms with Crippen LogP contribution in [0.3, 0.4) is 0 Å². The minimum atomic E-state index is 0.730. The molecule has 0 aliphatic heterocycles. The van der Waals surface area contributed by atoms with Gasteiger partial charge in [0, 0.05) is 5.57 Å². The predicted octanol–water partition coefficient (Wildman–Crippen LogP) is 4.53. The van der Waals surface area contributed by atoms with Crippen molar-refractivity contribution in [3.63, 3.8) is 0 Å². The number of allylic oxidation sites excluding steroid dienone is 4. The molecule has 0 amide bonds. The van der Waals surface area contributed by atoms with Crippen molar-refractivity contribution < 1.29 is 0 Å². The lowest BCUT2D eigenvalue weighted by Crippen LogP contribution is -1.90. The van der Waals surface area contributed by atoms with Gasteiger partial charge >= 0.3 is 0 Å². The summed E-state index contributed by atoms with van der Waals surface area (Å²) in [6.45, 7) is 9.62. The van der Waals surface area contributed by atoms with Crippen LogP contribution in [0.4, 0.5) is 0 Å².